The zero-order valence-corrected chi connectivity index (χ0v) is 31.4. The summed E-state index contributed by atoms with van der Waals surface area (Å²) in [5.74, 6) is 2.40. The quantitative estimate of drug-likeness (QED) is 0.162. The minimum atomic E-state index is -0.152. The van der Waals surface area contributed by atoms with E-state index in [1.165, 1.54) is 38.5 Å². The Morgan fingerprint density at radius 2 is 0.961 bits per heavy atom. The zero-order valence-electron chi connectivity index (χ0n) is 31.4. The molecule has 0 atom stereocenters. The molecule has 51 heavy (non-hydrogen) atoms. The van der Waals surface area contributed by atoms with E-state index in [1.807, 2.05) is 12.1 Å². The fraction of sp³-hybridized carbons (Fsp3) is 0.727. The molecule has 6 rings (SSSR count). The summed E-state index contributed by atoms with van der Waals surface area (Å²) in [6.07, 6.45) is 16.5. The van der Waals surface area contributed by atoms with Crippen molar-refractivity contribution >= 4 is 0 Å². The van der Waals surface area contributed by atoms with Crippen LogP contribution < -0.4 is 0 Å². The summed E-state index contributed by atoms with van der Waals surface area (Å²) in [4.78, 5) is 0. The first-order valence-corrected chi connectivity index (χ1v) is 20.6. The average molecular weight is 711 g/mol. The van der Waals surface area contributed by atoms with Gasteiger partial charge in [0.1, 0.15) is 11.6 Å². The Balaban J connectivity index is 0.860. The number of rotatable bonds is 16. The van der Waals surface area contributed by atoms with Crippen LogP contribution in [0.4, 0.5) is 8.78 Å². The predicted octanol–water partition coefficient (Wildman–Crippen LogP) is 10.7. The predicted molar refractivity (Wildman–Crippen MR) is 198 cm³/mol. The molecular formula is C44H64F2O5. The summed E-state index contributed by atoms with van der Waals surface area (Å²) in [7, 11) is 0. The van der Waals surface area contributed by atoms with Gasteiger partial charge in [0.05, 0.1) is 39.6 Å². The summed E-state index contributed by atoms with van der Waals surface area (Å²) in [6, 6.07) is 11.5. The molecule has 0 amide bonds. The van der Waals surface area contributed by atoms with E-state index in [2.05, 4.69) is 26.0 Å². The van der Waals surface area contributed by atoms with E-state index in [0.717, 1.165) is 88.9 Å². The third-order valence-corrected chi connectivity index (χ3v) is 12.4. The van der Waals surface area contributed by atoms with Crippen LogP contribution in [-0.4, -0.2) is 52.2 Å². The molecular weight excluding hydrogens is 646 g/mol. The standard InChI is InChI=1S/C44H64F2O5/c1-3-5-7-31-27-48-43(49-28-31)37-15-9-33(10-16-37)39-19-13-35(41(45)25-39)21-23-47-24-22-36-14-20-40(26-42(36)46)34-11-17-38(18-12-34)44-50-29-32(30-51-44)8-6-4-2/h13-14,19-20,25-26,31-34,37-38,43-44H,3-12,15-18,21-24,27-30H2,1-2H3. The van der Waals surface area contributed by atoms with Gasteiger partial charge in [-0.05, 0) is 123 Å². The molecule has 7 heteroatoms. The van der Waals surface area contributed by atoms with Crippen LogP contribution in [0.3, 0.4) is 0 Å². The van der Waals surface area contributed by atoms with Gasteiger partial charge < -0.3 is 23.7 Å². The monoisotopic (exact) mass is 710 g/mol. The topological polar surface area (TPSA) is 46.2 Å². The molecule has 5 nitrogen and oxygen atoms in total. The van der Waals surface area contributed by atoms with Gasteiger partial charge in [0.2, 0.25) is 0 Å². The van der Waals surface area contributed by atoms with Crippen LogP contribution in [0.2, 0.25) is 0 Å². The van der Waals surface area contributed by atoms with Crippen molar-refractivity contribution < 1.29 is 32.5 Å². The van der Waals surface area contributed by atoms with Crippen LogP contribution in [-0.2, 0) is 36.5 Å². The van der Waals surface area contributed by atoms with E-state index in [-0.39, 0.29) is 24.2 Å². The van der Waals surface area contributed by atoms with Gasteiger partial charge in [-0.1, -0.05) is 63.8 Å². The molecule has 2 heterocycles. The highest BCUT2D eigenvalue weighted by Gasteiger charge is 2.34. The van der Waals surface area contributed by atoms with Crippen LogP contribution >= 0.6 is 0 Å². The lowest BCUT2D eigenvalue weighted by Gasteiger charge is -2.37. The number of ether oxygens (including phenoxy) is 5. The van der Waals surface area contributed by atoms with Gasteiger partial charge in [0.25, 0.3) is 0 Å². The summed E-state index contributed by atoms with van der Waals surface area (Å²) < 4.78 is 60.6. The molecule has 0 unspecified atom stereocenters. The second-order valence-corrected chi connectivity index (χ2v) is 16.1. The first-order chi connectivity index (χ1) is 25.0. The molecule has 0 spiro atoms. The van der Waals surface area contributed by atoms with Crippen LogP contribution in [0.5, 0.6) is 0 Å². The maximum absolute atomic E-state index is 15.1. The Morgan fingerprint density at radius 1 is 0.569 bits per heavy atom. The Hall–Kier alpha value is -1.90. The minimum Gasteiger partial charge on any atom is -0.381 e. The van der Waals surface area contributed by atoms with Gasteiger partial charge in [-0.2, -0.15) is 0 Å². The third kappa shape index (κ3) is 11.1. The molecule has 0 radical (unpaired) electrons. The van der Waals surface area contributed by atoms with Gasteiger partial charge in [0.15, 0.2) is 12.6 Å². The number of halogens is 2. The van der Waals surface area contributed by atoms with Crippen molar-refractivity contribution in [3.8, 4) is 0 Å². The zero-order chi connectivity index (χ0) is 35.4. The number of unbranched alkanes of at least 4 members (excludes halogenated alkanes) is 2. The molecule has 2 saturated carbocycles. The normalized spacial score (nSPS) is 30.4. The SMILES string of the molecule is CCCCC1COC(C2CCC(c3ccc(CCOCCc4ccc(C5CCC(C6OCC(CCCC)CO6)CC5)cc4F)c(F)c3)CC2)OC1. The van der Waals surface area contributed by atoms with Crippen molar-refractivity contribution in [3.05, 3.63) is 70.3 Å². The fourth-order valence-electron chi connectivity index (χ4n) is 8.94. The number of hydrogen-bond donors (Lipinski definition) is 0. The van der Waals surface area contributed by atoms with Crippen LogP contribution in [0.1, 0.15) is 138 Å². The van der Waals surface area contributed by atoms with E-state index in [0.29, 0.717) is 72.7 Å². The largest absolute Gasteiger partial charge is 0.381 e. The van der Waals surface area contributed by atoms with Gasteiger partial charge in [0, 0.05) is 23.7 Å². The van der Waals surface area contributed by atoms with Gasteiger partial charge in [-0.15, -0.1) is 0 Å². The lowest BCUT2D eigenvalue weighted by atomic mass is 9.78. The second kappa shape index (κ2) is 20.0. The van der Waals surface area contributed by atoms with Crippen LogP contribution in [0, 0.1) is 35.3 Å². The van der Waals surface area contributed by atoms with Gasteiger partial charge >= 0.3 is 0 Å². The summed E-state index contributed by atoms with van der Waals surface area (Å²) in [5, 5.41) is 0. The van der Waals surface area contributed by atoms with E-state index in [1.54, 1.807) is 12.1 Å². The van der Waals surface area contributed by atoms with Gasteiger partial charge in [-0.25, -0.2) is 8.78 Å². The summed E-state index contributed by atoms with van der Waals surface area (Å²) in [5.41, 5.74) is 3.54. The highest BCUT2D eigenvalue weighted by atomic mass is 19.1. The van der Waals surface area contributed by atoms with Crippen molar-refractivity contribution in [2.24, 2.45) is 23.7 Å². The maximum Gasteiger partial charge on any atom is 0.160 e. The van der Waals surface area contributed by atoms with Crippen molar-refractivity contribution in [3.63, 3.8) is 0 Å². The molecule has 0 bridgehead atoms. The third-order valence-electron chi connectivity index (χ3n) is 12.4. The van der Waals surface area contributed by atoms with Gasteiger partial charge in [-0.3, -0.25) is 0 Å². The summed E-state index contributed by atoms with van der Waals surface area (Å²) in [6.45, 7) is 8.56. The van der Waals surface area contributed by atoms with Crippen molar-refractivity contribution in [1.29, 1.82) is 0 Å². The van der Waals surface area contributed by atoms with Crippen molar-refractivity contribution in [1.82, 2.24) is 0 Å². The fourth-order valence-corrected chi connectivity index (χ4v) is 8.94. The smallest absolute Gasteiger partial charge is 0.160 e. The maximum atomic E-state index is 15.1. The Bertz CT molecular complexity index is 1210. The van der Waals surface area contributed by atoms with E-state index < -0.39 is 0 Å². The van der Waals surface area contributed by atoms with Crippen molar-refractivity contribution in [2.45, 2.75) is 141 Å². The molecule has 2 aliphatic heterocycles. The average Bonchev–Trinajstić information content (AvgIpc) is 3.17. The first-order valence-electron chi connectivity index (χ1n) is 20.6. The lowest BCUT2D eigenvalue weighted by Crippen LogP contribution is -2.38. The Kier molecular flexibility index (Phi) is 15.2. The van der Waals surface area contributed by atoms with E-state index >= 15 is 8.78 Å². The molecule has 2 aliphatic carbocycles. The molecule has 2 aromatic rings. The molecule has 284 valence electrons. The van der Waals surface area contributed by atoms with Crippen LogP contribution in [0.25, 0.3) is 0 Å². The van der Waals surface area contributed by atoms with E-state index in [9.17, 15) is 0 Å². The Labute approximate surface area is 306 Å². The highest BCUT2D eigenvalue weighted by molar-refractivity contribution is 5.29. The molecule has 2 saturated heterocycles. The summed E-state index contributed by atoms with van der Waals surface area (Å²) >= 11 is 0. The Morgan fingerprint density at radius 3 is 1.31 bits per heavy atom. The molecule has 4 aliphatic rings. The number of benzene rings is 2. The first kappa shape index (κ1) is 38.8. The lowest BCUT2D eigenvalue weighted by molar-refractivity contribution is -0.229. The molecule has 0 N–H and O–H groups in total. The van der Waals surface area contributed by atoms with Crippen molar-refractivity contribution in [2.75, 3.05) is 39.6 Å². The minimum absolute atomic E-state index is 0.0736. The number of hydrogen-bond acceptors (Lipinski definition) is 5. The highest BCUT2D eigenvalue weighted by Crippen LogP contribution is 2.41. The molecule has 0 aromatic heterocycles. The van der Waals surface area contributed by atoms with Crippen LogP contribution in [0.15, 0.2) is 36.4 Å². The molecule has 2 aromatic carbocycles. The van der Waals surface area contributed by atoms with E-state index in [4.69, 9.17) is 23.7 Å². The second-order valence-electron chi connectivity index (χ2n) is 16.1. The molecule has 4 fully saturated rings.